The van der Waals surface area contributed by atoms with E-state index in [1.54, 1.807) is 0 Å². The summed E-state index contributed by atoms with van der Waals surface area (Å²) < 4.78 is 0. The molecule has 0 heterocycles. The Balaban J connectivity index is 2.00. The molecule has 0 spiro atoms. The topological polar surface area (TPSA) is 12.0 Å². The van der Waals surface area contributed by atoms with E-state index in [1.807, 2.05) is 12.1 Å². The molecule has 1 rings (SSSR count). The summed E-state index contributed by atoms with van der Waals surface area (Å²) in [5, 5.41) is 3.43. The lowest BCUT2D eigenvalue weighted by molar-refractivity contribution is 0.627. The van der Waals surface area contributed by atoms with Crippen molar-refractivity contribution in [3.8, 4) is 0 Å². The van der Waals surface area contributed by atoms with Gasteiger partial charge in [-0.2, -0.15) is 0 Å². The summed E-state index contributed by atoms with van der Waals surface area (Å²) in [4.78, 5) is 0. The predicted molar refractivity (Wildman–Crippen MR) is 65.7 cm³/mol. The number of hydrogen-bond donors (Lipinski definition) is 1. The Labute approximate surface area is 92.5 Å². The predicted octanol–water partition coefficient (Wildman–Crippen LogP) is 3.29. The maximum atomic E-state index is 3.54. The maximum absolute atomic E-state index is 3.54. The van der Waals surface area contributed by atoms with Crippen LogP contribution in [0.1, 0.15) is 24.8 Å². The van der Waals surface area contributed by atoms with E-state index in [1.165, 1.54) is 18.4 Å². The Morgan fingerprint density at radius 3 is 2.73 bits per heavy atom. The third-order valence-corrected chi connectivity index (χ3v) is 2.27. The highest BCUT2D eigenvalue weighted by Crippen LogP contribution is 1.98. The van der Waals surface area contributed by atoms with Crippen molar-refractivity contribution in [3.05, 3.63) is 54.3 Å². The quantitative estimate of drug-likeness (QED) is 0.527. The molecular weight excluding hydrogens is 182 g/mol. The second-order valence-corrected chi connectivity index (χ2v) is 3.57. The molecule has 15 heavy (non-hydrogen) atoms. The van der Waals surface area contributed by atoms with Crippen LogP contribution < -0.4 is 5.32 Å². The summed E-state index contributed by atoms with van der Waals surface area (Å²) in [7, 11) is 0. The molecule has 0 saturated heterocycles. The first kappa shape index (κ1) is 11.8. The monoisotopic (exact) mass is 201 g/mol. The summed E-state index contributed by atoms with van der Waals surface area (Å²) in [6.07, 6.45) is 5.52. The largest absolute Gasteiger partial charge is 0.313 e. The molecule has 0 amide bonds. The van der Waals surface area contributed by atoms with Gasteiger partial charge in [-0.1, -0.05) is 36.9 Å². The minimum atomic E-state index is 0.970. The van der Waals surface area contributed by atoms with E-state index in [9.17, 15) is 0 Å². The van der Waals surface area contributed by atoms with Crippen LogP contribution in [0.25, 0.3) is 0 Å². The molecule has 0 radical (unpaired) electrons. The lowest BCUT2D eigenvalue weighted by Gasteiger charge is -2.03. The molecule has 0 unspecified atom stereocenters. The first-order valence-electron chi connectivity index (χ1n) is 5.52. The number of hydrogen-bond acceptors (Lipinski definition) is 1. The van der Waals surface area contributed by atoms with Gasteiger partial charge in [-0.15, -0.1) is 5.73 Å². The van der Waals surface area contributed by atoms with Gasteiger partial charge in [0.05, 0.1) is 0 Å². The average Bonchev–Trinajstić information content (AvgIpc) is 2.29. The molecule has 80 valence electrons. The van der Waals surface area contributed by atoms with E-state index in [0.717, 1.165) is 19.5 Å². The van der Waals surface area contributed by atoms with Crippen LogP contribution >= 0.6 is 0 Å². The fraction of sp³-hybridized carbons (Fsp3) is 0.357. The van der Waals surface area contributed by atoms with E-state index >= 15 is 0 Å². The van der Waals surface area contributed by atoms with Crippen LogP contribution in [0.15, 0.2) is 48.7 Å². The van der Waals surface area contributed by atoms with Gasteiger partial charge in [0, 0.05) is 6.54 Å². The van der Waals surface area contributed by atoms with Crippen molar-refractivity contribution in [1.82, 2.24) is 5.32 Å². The summed E-state index contributed by atoms with van der Waals surface area (Å²) >= 11 is 0. The first-order valence-corrected chi connectivity index (χ1v) is 5.52. The molecule has 1 heteroatoms. The van der Waals surface area contributed by atoms with Crippen LogP contribution in [0.4, 0.5) is 0 Å². The zero-order valence-electron chi connectivity index (χ0n) is 9.21. The molecule has 0 atom stereocenters. The molecule has 0 aliphatic heterocycles. The lowest BCUT2D eigenvalue weighted by atomic mass is 10.2. The van der Waals surface area contributed by atoms with E-state index in [-0.39, 0.29) is 0 Å². The van der Waals surface area contributed by atoms with Crippen LogP contribution in [0, 0.1) is 0 Å². The zero-order chi connectivity index (χ0) is 10.8. The van der Waals surface area contributed by atoms with Crippen molar-refractivity contribution >= 4 is 0 Å². The summed E-state index contributed by atoms with van der Waals surface area (Å²) in [5.41, 5.74) is 4.14. The van der Waals surface area contributed by atoms with Crippen LogP contribution in [0.3, 0.4) is 0 Å². The highest BCUT2D eigenvalue weighted by molar-refractivity contribution is 5.14. The number of allylic oxidation sites excluding steroid dienone is 1. The molecular formula is C14H19N. The fourth-order valence-corrected chi connectivity index (χ4v) is 1.43. The van der Waals surface area contributed by atoms with Gasteiger partial charge in [-0.3, -0.25) is 0 Å². The van der Waals surface area contributed by atoms with Gasteiger partial charge in [0.25, 0.3) is 0 Å². The summed E-state index contributed by atoms with van der Waals surface area (Å²) in [6.45, 7) is 5.59. The Hall–Kier alpha value is -1.30. The molecule has 0 aliphatic carbocycles. The Kier molecular flexibility index (Phi) is 6.31. The van der Waals surface area contributed by atoms with E-state index < -0.39 is 0 Å². The van der Waals surface area contributed by atoms with Crippen molar-refractivity contribution in [3.63, 3.8) is 0 Å². The molecule has 0 bridgehead atoms. The molecule has 1 aromatic carbocycles. The molecule has 1 N–H and O–H groups in total. The molecule has 0 fully saturated rings. The van der Waals surface area contributed by atoms with Gasteiger partial charge >= 0.3 is 0 Å². The molecule has 0 aromatic heterocycles. The third-order valence-electron chi connectivity index (χ3n) is 2.27. The highest BCUT2D eigenvalue weighted by atomic mass is 14.8. The number of unbranched alkanes of at least 4 members (excludes halogenated alkanes) is 2. The fourth-order valence-electron chi connectivity index (χ4n) is 1.43. The van der Waals surface area contributed by atoms with Gasteiger partial charge < -0.3 is 5.32 Å². The third kappa shape index (κ3) is 5.90. The number of rotatable bonds is 7. The van der Waals surface area contributed by atoms with Gasteiger partial charge in [-0.05, 0) is 37.4 Å². The smallest absolute Gasteiger partial charge is 0.0205 e. The van der Waals surface area contributed by atoms with Gasteiger partial charge in [0.1, 0.15) is 0 Å². The van der Waals surface area contributed by atoms with E-state index in [2.05, 4.69) is 41.9 Å². The highest BCUT2D eigenvalue weighted by Gasteiger charge is 1.90. The van der Waals surface area contributed by atoms with Crippen LogP contribution in [-0.4, -0.2) is 6.54 Å². The Bertz CT molecular complexity index is 296. The average molecular weight is 201 g/mol. The minimum absolute atomic E-state index is 0.970. The van der Waals surface area contributed by atoms with Crippen molar-refractivity contribution in [1.29, 1.82) is 0 Å². The first-order chi connectivity index (χ1) is 7.43. The standard InChI is InChI=1S/C14H19N/c1-2-3-4-5-9-12-15-13-14-10-7-6-8-11-14/h3,6-8,10-11,15H,1,4-5,9,12-13H2. The normalized spacial score (nSPS) is 9.60. The Morgan fingerprint density at radius 2 is 2.00 bits per heavy atom. The lowest BCUT2D eigenvalue weighted by Crippen LogP contribution is -2.14. The molecule has 0 aliphatic rings. The number of nitrogens with one attached hydrogen (secondary N) is 1. The maximum Gasteiger partial charge on any atom is 0.0205 e. The van der Waals surface area contributed by atoms with Crippen molar-refractivity contribution in [2.75, 3.05) is 6.54 Å². The molecule has 1 aromatic rings. The van der Waals surface area contributed by atoms with Crippen molar-refractivity contribution in [2.24, 2.45) is 0 Å². The minimum Gasteiger partial charge on any atom is -0.313 e. The second kappa shape index (κ2) is 8.05. The zero-order valence-corrected chi connectivity index (χ0v) is 9.21. The van der Waals surface area contributed by atoms with Crippen LogP contribution in [0.5, 0.6) is 0 Å². The Morgan fingerprint density at radius 1 is 1.20 bits per heavy atom. The van der Waals surface area contributed by atoms with Crippen molar-refractivity contribution < 1.29 is 0 Å². The summed E-state index contributed by atoms with van der Waals surface area (Å²) in [6, 6.07) is 10.5. The number of benzene rings is 1. The second-order valence-electron chi connectivity index (χ2n) is 3.57. The molecule has 0 saturated carbocycles. The van der Waals surface area contributed by atoms with Gasteiger partial charge in [-0.25, -0.2) is 0 Å². The van der Waals surface area contributed by atoms with Crippen LogP contribution in [-0.2, 0) is 6.54 Å². The SMILES string of the molecule is C=C=CCCCCNCc1ccccc1. The van der Waals surface area contributed by atoms with E-state index in [0.29, 0.717) is 0 Å². The van der Waals surface area contributed by atoms with E-state index in [4.69, 9.17) is 0 Å². The van der Waals surface area contributed by atoms with Gasteiger partial charge in [0.15, 0.2) is 0 Å². The summed E-state index contributed by atoms with van der Waals surface area (Å²) in [5.74, 6) is 0. The molecule has 1 nitrogen and oxygen atoms in total. The van der Waals surface area contributed by atoms with Gasteiger partial charge in [0.2, 0.25) is 0 Å². The van der Waals surface area contributed by atoms with Crippen LogP contribution in [0.2, 0.25) is 0 Å². The van der Waals surface area contributed by atoms with Crippen molar-refractivity contribution in [2.45, 2.75) is 25.8 Å².